The Kier molecular flexibility index (Phi) is 5.02. The van der Waals surface area contributed by atoms with Crippen LogP contribution in [0.1, 0.15) is 10.4 Å². The topological polar surface area (TPSA) is 91.8 Å². The second-order valence-corrected chi connectivity index (χ2v) is 5.52. The van der Waals surface area contributed by atoms with Crippen LogP contribution >= 0.6 is 0 Å². The number of amides is 2. The number of ether oxygens (including phenoxy) is 1. The van der Waals surface area contributed by atoms with Crippen LogP contribution in [0.4, 0.5) is 0 Å². The summed E-state index contributed by atoms with van der Waals surface area (Å²) in [5.74, 6) is -0.707. The lowest BCUT2D eigenvalue weighted by molar-refractivity contribution is -0.138. The zero-order valence-electron chi connectivity index (χ0n) is 13.1. The number of fused-ring (bicyclic) bond motifs is 1. The van der Waals surface area contributed by atoms with Crippen LogP contribution in [0.5, 0.6) is 0 Å². The van der Waals surface area contributed by atoms with E-state index in [0.29, 0.717) is 42.8 Å². The van der Waals surface area contributed by atoms with Gasteiger partial charge in [-0.2, -0.15) is 0 Å². The number of pyridine rings is 1. The van der Waals surface area contributed by atoms with E-state index in [4.69, 9.17) is 4.74 Å². The maximum absolute atomic E-state index is 12.6. The van der Waals surface area contributed by atoms with Crippen molar-refractivity contribution in [3.05, 3.63) is 42.1 Å². The Hall–Kier alpha value is -2.51. The summed E-state index contributed by atoms with van der Waals surface area (Å²) in [6.07, 6.45) is 1.55. The molecule has 126 valence electrons. The van der Waals surface area contributed by atoms with Crippen molar-refractivity contribution in [1.29, 1.82) is 0 Å². The number of hydrogen-bond acceptors (Lipinski definition) is 5. The Morgan fingerprint density at radius 3 is 2.75 bits per heavy atom. The van der Waals surface area contributed by atoms with E-state index in [0.717, 1.165) is 0 Å². The van der Waals surface area contributed by atoms with Crippen molar-refractivity contribution >= 4 is 22.7 Å². The van der Waals surface area contributed by atoms with Crippen LogP contribution in [0.25, 0.3) is 10.9 Å². The van der Waals surface area contributed by atoms with Gasteiger partial charge in [-0.25, -0.2) is 0 Å². The summed E-state index contributed by atoms with van der Waals surface area (Å²) in [7, 11) is 0. The molecule has 1 aliphatic heterocycles. The van der Waals surface area contributed by atoms with E-state index < -0.39 is 18.6 Å². The number of aromatic nitrogens is 1. The van der Waals surface area contributed by atoms with Crippen molar-refractivity contribution in [2.45, 2.75) is 6.04 Å². The van der Waals surface area contributed by atoms with Crippen molar-refractivity contribution in [3.8, 4) is 0 Å². The van der Waals surface area contributed by atoms with E-state index in [1.165, 1.54) is 0 Å². The van der Waals surface area contributed by atoms with Gasteiger partial charge >= 0.3 is 0 Å². The standard InChI is InChI=1S/C17H19N3O4/c21-11-15(17(23)20-7-9-24-10-8-20)19-16(22)13-5-6-18-14-4-2-1-3-12(13)14/h1-6,15,21H,7-11H2,(H,19,22). The largest absolute Gasteiger partial charge is 0.394 e. The lowest BCUT2D eigenvalue weighted by Crippen LogP contribution is -2.53. The molecule has 1 unspecified atom stereocenters. The van der Waals surface area contributed by atoms with Gasteiger partial charge in [0.2, 0.25) is 5.91 Å². The highest BCUT2D eigenvalue weighted by Gasteiger charge is 2.27. The summed E-state index contributed by atoms with van der Waals surface area (Å²) >= 11 is 0. The van der Waals surface area contributed by atoms with Crippen molar-refractivity contribution < 1.29 is 19.4 Å². The third-order valence-electron chi connectivity index (χ3n) is 4.00. The second kappa shape index (κ2) is 7.37. The number of benzene rings is 1. The van der Waals surface area contributed by atoms with Crippen LogP contribution in [0, 0.1) is 0 Å². The van der Waals surface area contributed by atoms with Gasteiger partial charge in [0.05, 0.1) is 30.9 Å². The number of nitrogens with zero attached hydrogens (tertiary/aromatic N) is 2. The zero-order valence-corrected chi connectivity index (χ0v) is 13.1. The minimum absolute atomic E-state index is 0.299. The van der Waals surface area contributed by atoms with Crippen LogP contribution in [-0.4, -0.2) is 65.8 Å². The van der Waals surface area contributed by atoms with Gasteiger partial charge in [-0.3, -0.25) is 14.6 Å². The molecule has 3 rings (SSSR count). The third-order valence-corrected chi connectivity index (χ3v) is 4.00. The summed E-state index contributed by atoms with van der Waals surface area (Å²) in [5, 5.41) is 12.9. The highest BCUT2D eigenvalue weighted by Crippen LogP contribution is 2.16. The molecule has 0 spiro atoms. The maximum Gasteiger partial charge on any atom is 0.252 e. The highest BCUT2D eigenvalue weighted by molar-refractivity contribution is 6.07. The Bertz CT molecular complexity index is 738. The van der Waals surface area contributed by atoms with Gasteiger partial charge in [-0.15, -0.1) is 0 Å². The minimum Gasteiger partial charge on any atom is -0.394 e. The first kappa shape index (κ1) is 16.4. The smallest absolute Gasteiger partial charge is 0.252 e. The van der Waals surface area contributed by atoms with Crippen LogP contribution < -0.4 is 5.32 Å². The Balaban J connectivity index is 1.77. The van der Waals surface area contributed by atoms with Crippen molar-refractivity contribution in [2.24, 2.45) is 0 Å². The molecule has 0 radical (unpaired) electrons. The summed E-state index contributed by atoms with van der Waals surface area (Å²) in [4.78, 5) is 30.8. The third kappa shape index (κ3) is 3.37. The summed E-state index contributed by atoms with van der Waals surface area (Å²) in [6.45, 7) is 1.40. The minimum atomic E-state index is -0.970. The van der Waals surface area contributed by atoms with Gasteiger partial charge in [0.1, 0.15) is 6.04 Å². The van der Waals surface area contributed by atoms with E-state index >= 15 is 0 Å². The van der Waals surface area contributed by atoms with Crippen LogP contribution in [0.2, 0.25) is 0 Å². The lowest BCUT2D eigenvalue weighted by atomic mass is 10.1. The molecule has 7 heteroatoms. The SMILES string of the molecule is O=C(NC(CO)C(=O)N1CCOCC1)c1ccnc2ccccc12. The molecular weight excluding hydrogens is 310 g/mol. The van der Waals surface area contributed by atoms with Crippen LogP contribution in [0.15, 0.2) is 36.5 Å². The van der Waals surface area contributed by atoms with Crippen LogP contribution in [0.3, 0.4) is 0 Å². The quantitative estimate of drug-likeness (QED) is 0.835. The molecule has 1 aliphatic rings. The van der Waals surface area contributed by atoms with E-state index in [9.17, 15) is 14.7 Å². The molecule has 1 fully saturated rings. The first-order valence-electron chi connectivity index (χ1n) is 7.82. The number of para-hydroxylation sites is 1. The normalized spacial score (nSPS) is 16.0. The van der Waals surface area contributed by atoms with Crippen molar-refractivity contribution in [1.82, 2.24) is 15.2 Å². The summed E-state index contributed by atoms with van der Waals surface area (Å²) in [6, 6.07) is 7.91. The summed E-state index contributed by atoms with van der Waals surface area (Å²) < 4.78 is 5.21. The molecule has 2 N–H and O–H groups in total. The molecule has 1 saturated heterocycles. The average molecular weight is 329 g/mol. The van der Waals surface area contributed by atoms with Crippen LogP contribution in [-0.2, 0) is 9.53 Å². The highest BCUT2D eigenvalue weighted by atomic mass is 16.5. The van der Waals surface area contributed by atoms with Crippen molar-refractivity contribution in [2.75, 3.05) is 32.9 Å². The molecule has 2 aromatic rings. The number of carbonyl (C=O) groups excluding carboxylic acids is 2. The summed E-state index contributed by atoms with van der Waals surface area (Å²) in [5.41, 5.74) is 1.12. The van der Waals surface area contributed by atoms with E-state index in [-0.39, 0.29) is 5.91 Å². The predicted octanol–water partition coefficient (Wildman–Crippen LogP) is 0.184. The molecule has 0 bridgehead atoms. The molecule has 0 aliphatic carbocycles. The zero-order chi connectivity index (χ0) is 16.9. The molecule has 24 heavy (non-hydrogen) atoms. The lowest BCUT2D eigenvalue weighted by Gasteiger charge is -2.30. The second-order valence-electron chi connectivity index (χ2n) is 5.52. The van der Waals surface area contributed by atoms with E-state index in [1.54, 1.807) is 23.2 Å². The van der Waals surface area contributed by atoms with Gasteiger partial charge < -0.3 is 20.1 Å². The molecule has 2 heterocycles. The van der Waals surface area contributed by atoms with Gasteiger partial charge in [0.15, 0.2) is 0 Å². The molecule has 1 aromatic heterocycles. The van der Waals surface area contributed by atoms with Gasteiger partial charge in [-0.05, 0) is 12.1 Å². The predicted molar refractivity (Wildman–Crippen MR) is 87.5 cm³/mol. The first-order valence-corrected chi connectivity index (χ1v) is 7.82. The molecule has 0 saturated carbocycles. The maximum atomic E-state index is 12.6. The molecule has 2 amide bonds. The molecular formula is C17H19N3O4. The van der Waals surface area contributed by atoms with E-state index in [1.807, 2.05) is 18.2 Å². The van der Waals surface area contributed by atoms with Crippen molar-refractivity contribution in [3.63, 3.8) is 0 Å². The monoisotopic (exact) mass is 329 g/mol. The number of carbonyl (C=O) groups is 2. The Morgan fingerprint density at radius 2 is 2.00 bits per heavy atom. The first-order chi connectivity index (χ1) is 11.7. The van der Waals surface area contributed by atoms with Gasteiger partial charge in [0, 0.05) is 24.7 Å². The number of morpholine rings is 1. The van der Waals surface area contributed by atoms with E-state index in [2.05, 4.69) is 10.3 Å². The number of aliphatic hydroxyl groups is 1. The fourth-order valence-corrected chi connectivity index (χ4v) is 2.72. The number of nitrogens with one attached hydrogen (secondary N) is 1. The molecule has 7 nitrogen and oxygen atoms in total. The fraction of sp³-hybridized carbons (Fsp3) is 0.353. The molecule has 1 aromatic carbocycles. The molecule has 1 atom stereocenters. The Labute approximate surface area is 139 Å². The van der Waals surface area contributed by atoms with Gasteiger partial charge in [0.25, 0.3) is 5.91 Å². The fourth-order valence-electron chi connectivity index (χ4n) is 2.72. The number of rotatable bonds is 4. The Morgan fingerprint density at radius 1 is 1.25 bits per heavy atom. The van der Waals surface area contributed by atoms with Gasteiger partial charge in [-0.1, -0.05) is 18.2 Å². The number of aliphatic hydroxyl groups excluding tert-OH is 1. The number of hydrogen-bond donors (Lipinski definition) is 2. The average Bonchev–Trinajstić information content (AvgIpc) is 2.65.